The van der Waals surface area contributed by atoms with E-state index in [0.717, 1.165) is 11.1 Å². The lowest BCUT2D eigenvalue weighted by atomic mass is 10.0. The number of rotatable bonds is 2. The van der Waals surface area contributed by atoms with Crippen molar-refractivity contribution in [3.8, 4) is 0 Å². The number of nitrogens with zero attached hydrogens (tertiary/aromatic N) is 1. The summed E-state index contributed by atoms with van der Waals surface area (Å²) in [4.78, 5) is 11.8. The van der Waals surface area contributed by atoms with Crippen LogP contribution in [-0.4, -0.2) is 10.2 Å². The lowest BCUT2D eigenvalue weighted by Crippen LogP contribution is -2.11. The van der Waals surface area contributed by atoms with Crippen LogP contribution in [0.25, 0.3) is 10.8 Å². The van der Waals surface area contributed by atoms with Gasteiger partial charge in [-0.3, -0.25) is 4.79 Å². The van der Waals surface area contributed by atoms with E-state index in [0.29, 0.717) is 17.5 Å². The highest BCUT2D eigenvalue weighted by molar-refractivity contribution is 5.86. The summed E-state index contributed by atoms with van der Waals surface area (Å²) in [6.07, 6.45) is 0.679. The molecule has 0 radical (unpaired) electrons. The van der Waals surface area contributed by atoms with Crippen LogP contribution in [0.15, 0.2) is 47.3 Å². The topological polar surface area (TPSA) is 71.8 Å². The van der Waals surface area contributed by atoms with Crippen molar-refractivity contribution < 1.29 is 0 Å². The van der Waals surface area contributed by atoms with Gasteiger partial charge in [0.25, 0.3) is 5.56 Å². The minimum absolute atomic E-state index is 0.208. The smallest absolute Gasteiger partial charge is 0.272 e. The molecule has 0 aliphatic carbocycles. The normalized spacial score (nSPS) is 10.8. The molecule has 0 saturated carbocycles. The van der Waals surface area contributed by atoms with Crippen LogP contribution in [-0.2, 0) is 6.42 Å². The molecule has 3 aromatic rings. The fraction of sp³-hybridized carbons (Fsp3) is 0.125. The van der Waals surface area contributed by atoms with Crippen molar-refractivity contribution in [1.29, 1.82) is 0 Å². The van der Waals surface area contributed by atoms with Gasteiger partial charge in [0.2, 0.25) is 0 Å². The van der Waals surface area contributed by atoms with Crippen LogP contribution in [0.4, 0.5) is 5.69 Å². The number of aromatic amines is 1. The second kappa shape index (κ2) is 4.81. The Bertz CT molecular complexity index is 836. The van der Waals surface area contributed by atoms with Crippen LogP contribution in [0.2, 0.25) is 0 Å². The molecule has 100 valence electrons. The van der Waals surface area contributed by atoms with Gasteiger partial charge in [0.1, 0.15) is 0 Å². The Balaban J connectivity index is 2.13. The number of hydrogen-bond acceptors (Lipinski definition) is 3. The van der Waals surface area contributed by atoms with Gasteiger partial charge in [0.05, 0.1) is 11.1 Å². The van der Waals surface area contributed by atoms with Crippen molar-refractivity contribution in [2.75, 3.05) is 5.73 Å². The molecule has 3 rings (SSSR count). The van der Waals surface area contributed by atoms with Crippen molar-refractivity contribution >= 4 is 16.5 Å². The number of aryl methyl sites for hydroxylation is 1. The molecule has 4 nitrogen and oxygen atoms in total. The fourth-order valence-corrected chi connectivity index (χ4v) is 2.39. The maximum absolute atomic E-state index is 11.8. The first-order valence-corrected chi connectivity index (χ1v) is 6.46. The Morgan fingerprint density at radius 3 is 2.80 bits per heavy atom. The molecule has 0 spiro atoms. The van der Waals surface area contributed by atoms with E-state index < -0.39 is 0 Å². The lowest BCUT2D eigenvalue weighted by molar-refractivity contribution is 0.933. The summed E-state index contributed by atoms with van der Waals surface area (Å²) in [5.74, 6) is 0. The molecule has 0 aliphatic rings. The van der Waals surface area contributed by atoms with Gasteiger partial charge in [0, 0.05) is 17.5 Å². The van der Waals surface area contributed by atoms with Crippen LogP contribution in [0, 0.1) is 6.92 Å². The molecule has 1 aromatic heterocycles. The first-order chi connectivity index (χ1) is 9.63. The SMILES string of the molecule is Cc1cccc(Cc2n[nH]c(=O)c3cc(N)ccc23)c1. The summed E-state index contributed by atoms with van der Waals surface area (Å²) in [5.41, 5.74) is 9.34. The van der Waals surface area contributed by atoms with Gasteiger partial charge in [-0.05, 0) is 24.6 Å². The van der Waals surface area contributed by atoms with Crippen LogP contribution in [0.3, 0.4) is 0 Å². The zero-order valence-electron chi connectivity index (χ0n) is 11.2. The van der Waals surface area contributed by atoms with E-state index >= 15 is 0 Å². The Kier molecular flexibility index (Phi) is 2.99. The molecule has 0 atom stereocenters. The van der Waals surface area contributed by atoms with Gasteiger partial charge >= 0.3 is 0 Å². The molecule has 0 bridgehead atoms. The molecular formula is C16H15N3O. The highest BCUT2D eigenvalue weighted by Crippen LogP contribution is 2.19. The third-order valence-electron chi connectivity index (χ3n) is 3.35. The number of benzene rings is 2. The zero-order chi connectivity index (χ0) is 14.1. The molecule has 2 aromatic carbocycles. The predicted molar refractivity (Wildman–Crippen MR) is 80.8 cm³/mol. The Morgan fingerprint density at radius 1 is 1.15 bits per heavy atom. The summed E-state index contributed by atoms with van der Waals surface area (Å²) in [6.45, 7) is 2.06. The number of fused-ring (bicyclic) bond motifs is 1. The molecule has 20 heavy (non-hydrogen) atoms. The van der Waals surface area contributed by atoms with E-state index in [1.54, 1.807) is 12.1 Å². The summed E-state index contributed by atoms with van der Waals surface area (Å²) in [5, 5.41) is 8.16. The van der Waals surface area contributed by atoms with Crippen molar-refractivity contribution in [3.63, 3.8) is 0 Å². The molecule has 4 heteroatoms. The van der Waals surface area contributed by atoms with Gasteiger partial charge in [-0.15, -0.1) is 0 Å². The standard InChI is InChI=1S/C16H15N3O/c1-10-3-2-4-11(7-10)8-15-13-6-5-12(17)9-14(13)16(20)19-18-15/h2-7,9H,8,17H2,1H3,(H,19,20). The molecule has 3 N–H and O–H groups in total. The van der Waals surface area contributed by atoms with Crippen LogP contribution in [0.5, 0.6) is 0 Å². The van der Waals surface area contributed by atoms with Gasteiger partial charge in [-0.25, -0.2) is 5.10 Å². The van der Waals surface area contributed by atoms with Crippen LogP contribution >= 0.6 is 0 Å². The van der Waals surface area contributed by atoms with Crippen LogP contribution in [0.1, 0.15) is 16.8 Å². The molecule has 0 saturated heterocycles. The van der Waals surface area contributed by atoms with Gasteiger partial charge < -0.3 is 5.73 Å². The highest BCUT2D eigenvalue weighted by Gasteiger charge is 2.07. The number of anilines is 1. The van der Waals surface area contributed by atoms with E-state index in [1.165, 1.54) is 11.1 Å². The fourth-order valence-electron chi connectivity index (χ4n) is 2.39. The van der Waals surface area contributed by atoms with E-state index in [4.69, 9.17) is 5.73 Å². The van der Waals surface area contributed by atoms with E-state index in [1.807, 2.05) is 12.1 Å². The van der Waals surface area contributed by atoms with Gasteiger partial charge in [-0.2, -0.15) is 5.10 Å². The van der Waals surface area contributed by atoms with Gasteiger partial charge in [-0.1, -0.05) is 35.9 Å². The molecule has 0 aliphatic heterocycles. The Labute approximate surface area is 116 Å². The Hall–Kier alpha value is -2.62. The molecule has 1 heterocycles. The second-order valence-electron chi connectivity index (χ2n) is 4.97. The van der Waals surface area contributed by atoms with Crippen molar-refractivity contribution in [3.05, 3.63) is 69.6 Å². The number of aromatic nitrogens is 2. The zero-order valence-corrected chi connectivity index (χ0v) is 11.2. The monoisotopic (exact) mass is 265 g/mol. The van der Waals surface area contributed by atoms with Crippen LogP contribution < -0.4 is 11.3 Å². The first-order valence-electron chi connectivity index (χ1n) is 6.46. The highest BCUT2D eigenvalue weighted by atomic mass is 16.1. The van der Waals surface area contributed by atoms with Crippen molar-refractivity contribution in [1.82, 2.24) is 10.2 Å². The first kappa shape index (κ1) is 12.4. The molecular weight excluding hydrogens is 250 g/mol. The van der Waals surface area contributed by atoms with E-state index in [9.17, 15) is 4.79 Å². The summed E-state index contributed by atoms with van der Waals surface area (Å²) < 4.78 is 0. The average molecular weight is 265 g/mol. The third kappa shape index (κ3) is 2.28. The minimum atomic E-state index is -0.208. The maximum Gasteiger partial charge on any atom is 0.272 e. The van der Waals surface area contributed by atoms with E-state index in [-0.39, 0.29) is 5.56 Å². The number of nitrogen functional groups attached to an aromatic ring is 1. The number of nitrogens with two attached hydrogens (primary N) is 1. The van der Waals surface area contributed by atoms with Crippen molar-refractivity contribution in [2.45, 2.75) is 13.3 Å². The number of hydrogen-bond donors (Lipinski definition) is 2. The lowest BCUT2D eigenvalue weighted by Gasteiger charge is -2.06. The van der Waals surface area contributed by atoms with E-state index in [2.05, 4.69) is 35.3 Å². The summed E-state index contributed by atoms with van der Waals surface area (Å²) in [7, 11) is 0. The average Bonchev–Trinajstić information content (AvgIpc) is 2.42. The number of H-pyrrole nitrogens is 1. The molecule has 0 amide bonds. The molecule has 0 unspecified atom stereocenters. The third-order valence-corrected chi connectivity index (χ3v) is 3.35. The predicted octanol–water partition coefficient (Wildman–Crippen LogP) is 2.40. The largest absolute Gasteiger partial charge is 0.399 e. The minimum Gasteiger partial charge on any atom is -0.399 e. The quantitative estimate of drug-likeness (QED) is 0.699. The maximum atomic E-state index is 11.8. The van der Waals surface area contributed by atoms with Gasteiger partial charge in [0.15, 0.2) is 0 Å². The summed E-state index contributed by atoms with van der Waals surface area (Å²) >= 11 is 0. The second-order valence-corrected chi connectivity index (χ2v) is 4.97. The van der Waals surface area contributed by atoms with Crippen molar-refractivity contribution in [2.24, 2.45) is 0 Å². The summed E-state index contributed by atoms with van der Waals surface area (Å²) in [6, 6.07) is 13.6. The molecule has 0 fully saturated rings. The Morgan fingerprint density at radius 2 is 2.00 bits per heavy atom. The number of nitrogens with one attached hydrogen (secondary N) is 1.